The van der Waals surface area contributed by atoms with Crippen LogP contribution in [0.25, 0.3) is 22.2 Å². The second-order valence-corrected chi connectivity index (χ2v) is 7.06. The molecule has 0 bridgehead atoms. The average molecular weight is 372 g/mol. The fourth-order valence-corrected chi connectivity index (χ4v) is 3.82. The maximum atomic E-state index is 11.8. The molecular weight excluding hydrogens is 356 g/mol. The van der Waals surface area contributed by atoms with E-state index in [0.717, 1.165) is 33.9 Å². The van der Waals surface area contributed by atoms with Crippen LogP contribution in [0.5, 0.6) is 0 Å². The second kappa shape index (κ2) is 7.60. The fourth-order valence-electron chi connectivity index (χ4n) is 2.92. The zero-order valence-electron chi connectivity index (χ0n) is 14.3. The topological polar surface area (TPSA) is 63.1 Å². The predicted octanol–water partition coefficient (Wildman–Crippen LogP) is 5.21. The van der Waals surface area contributed by atoms with Crippen molar-refractivity contribution in [1.29, 1.82) is 0 Å². The molecule has 0 spiro atoms. The first-order valence-electron chi connectivity index (χ1n) is 8.49. The third-order valence-corrected chi connectivity index (χ3v) is 5.28. The molecule has 0 radical (unpaired) electrons. The van der Waals surface area contributed by atoms with Crippen molar-refractivity contribution in [3.63, 3.8) is 0 Å². The molecule has 1 aromatic heterocycles. The van der Waals surface area contributed by atoms with Gasteiger partial charge in [-0.1, -0.05) is 90.6 Å². The zero-order valence-corrected chi connectivity index (χ0v) is 15.1. The molecule has 0 aliphatic rings. The molecule has 0 unspecified atom stereocenters. The van der Waals surface area contributed by atoms with Crippen molar-refractivity contribution in [2.75, 3.05) is 0 Å². The van der Waals surface area contributed by atoms with Crippen molar-refractivity contribution in [3.8, 4) is 11.3 Å². The molecule has 132 valence electrons. The monoisotopic (exact) mass is 372 g/mol. The van der Waals surface area contributed by atoms with Crippen LogP contribution in [0.15, 0.2) is 90.1 Å². The Morgan fingerprint density at radius 3 is 2.15 bits per heavy atom. The SMILES string of the molecule is O=C(O)[C@H](Sc1nc(-c2ccccc2)c2ccccc2n1)c1ccccc1. The van der Waals surface area contributed by atoms with Gasteiger partial charge in [0.2, 0.25) is 0 Å². The molecule has 0 aliphatic carbocycles. The number of hydrogen-bond acceptors (Lipinski definition) is 4. The number of para-hydroxylation sites is 1. The standard InChI is InChI=1S/C22H16N2O2S/c25-21(26)20(16-11-5-2-6-12-16)27-22-23-18-14-8-7-13-17(18)19(24-22)15-9-3-1-4-10-15/h1-14,20H,(H,25,26)/t20-/m1/s1. The van der Waals surface area contributed by atoms with E-state index in [2.05, 4.69) is 4.98 Å². The highest BCUT2D eigenvalue weighted by molar-refractivity contribution is 8.00. The summed E-state index contributed by atoms with van der Waals surface area (Å²) in [6, 6.07) is 26.8. The van der Waals surface area contributed by atoms with Gasteiger partial charge >= 0.3 is 5.97 Å². The molecule has 0 fully saturated rings. The molecule has 0 amide bonds. The molecule has 3 aromatic carbocycles. The van der Waals surface area contributed by atoms with Crippen LogP contribution in [-0.2, 0) is 4.79 Å². The van der Waals surface area contributed by atoms with Gasteiger partial charge in [0.15, 0.2) is 5.16 Å². The largest absolute Gasteiger partial charge is 0.480 e. The quantitative estimate of drug-likeness (QED) is 0.385. The first-order valence-corrected chi connectivity index (χ1v) is 9.37. The number of rotatable bonds is 5. The van der Waals surface area contributed by atoms with Gasteiger partial charge in [-0.25, -0.2) is 9.97 Å². The number of thioether (sulfide) groups is 1. The predicted molar refractivity (Wildman–Crippen MR) is 108 cm³/mol. The van der Waals surface area contributed by atoms with Gasteiger partial charge in [-0.15, -0.1) is 0 Å². The summed E-state index contributed by atoms with van der Waals surface area (Å²) in [7, 11) is 0. The number of carbonyl (C=O) groups is 1. The van der Waals surface area contributed by atoms with E-state index in [1.165, 1.54) is 0 Å². The summed E-state index contributed by atoms with van der Waals surface area (Å²) in [5.74, 6) is -0.913. The van der Waals surface area contributed by atoms with Gasteiger partial charge in [-0.3, -0.25) is 4.79 Å². The van der Waals surface area contributed by atoms with Gasteiger partial charge in [0, 0.05) is 10.9 Å². The number of carboxylic acids is 1. The normalized spacial score (nSPS) is 12.0. The number of aliphatic carboxylic acids is 1. The minimum atomic E-state index is -0.913. The molecule has 4 rings (SSSR count). The van der Waals surface area contributed by atoms with Crippen molar-refractivity contribution in [1.82, 2.24) is 9.97 Å². The summed E-state index contributed by atoms with van der Waals surface area (Å²) in [5, 5.41) is 10.3. The summed E-state index contributed by atoms with van der Waals surface area (Å²) < 4.78 is 0. The van der Waals surface area contributed by atoms with Crippen molar-refractivity contribution in [2.45, 2.75) is 10.4 Å². The van der Waals surface area contributed by atoms with Crippen LogP contribution < -0.4 is 0 Å². The summed E-state index contributed by atoms with van der Waals surface area (Å²) in [4.78, 5) is 21.2. The lowest BCUT2D eigenvalue weighted by Crippen LogP contribution is -2.09. The Morgan fingerprint density at radius 2 is 1.44 bits per heavy atom. The van der Waals surface area contributed by atoms with Gasteiger partial charge in [0.25, 0.3) is 0 Å². The summed E-state index contributed by atoms with van der Waals surface area (Å²) in [5.41, 5.74) is 3.30. The molecule has 0 aliphatic heterocycles. The van der Waals surface area contributed by atoms with Crippen LogP contribution >= 0.6 is 11.8 Å². The molecule has 1 atom stereocenters. The highest BCUT2D eigenvalue weighted by atomic mass is 32.2. The van der Waals surface area contributed by atoms with E-state index in [9.17, 15) is 9.90 Å². The van der Waals surface area contributed by atoms with Gasteiger partial charge < -0.3 is 5.11 Å². The minimum absolute atomic E-state index is 0.448. The fraction of sp³-hybridized carbons (Fsp3) is 0.0455. The Labute approximate surface area is 160 Å². The summed E-state index contributed by atoms with van der Waals surface area (Å²) in [6.45, 7) is 0. The van der Waals surface area contributed by atoms with Gasteiger partial charge in [0.05, 0.1) is 11.2 Å². The summed E-state index contributed by atoms with van der Waals surface area (Å²) in [6.07, 6.45) is 0. The Bertz CT molecular complexity index is 1090. The number of fused-ring (bicyclic) bond motifs is 1. The Hall–Kier alpha value is -3.18. The average Bonchev–Trinajstić information content (AvgIpc) is 2.72. The lowest BCUT2D eigenvalue weighted by atomic mass is 10.1. The van der Waals surface area contributed by atoms with Crippen LogP contribution in [-0.4, -0.2) is 21.0 Å². The molecular formula is C22H16N2O2S. The second-order valence-electron chi connectivity index (χ2n) is 5.98. The lowest BCUT2D eigenvalue weighted by molar-refractivity contribution is -0.136. The van der Waals surface area contributed by atoms with Crippen LogP contribution in [0, 0.1) is 0 Å². The number of benzene rings is 3. The zero-order chi connectivity index (χ0) is 18.6. The Balaban J connectivity index is 1.81. The van der Waals surface area contributed by atoms with Crippen molar-refractivity contribution in [2.24, 2.45) is 0 Å². The number of carboxylic acid groups (broad SMARTS) is 1. The molecule has 1 heterocycles. The molecule has 0 saturated heterocycles. The number of hydrogen-bond donors (Lipinski definition) is 1. The van der Waals surface area contributed by atoms with E-state index in [1.807, 2.05) is 84.9 Å². The molecule has 1 N–H and O–H groups in total. The Morgan fingerprint density at radius 1 is 0.815 bits per heavy atom. The molecule has 4 nitrogen and oxygen atoms in total. The maximum absolute atomic E-state index is 11.8. The third-order valence-electron chi connectivity index (χ3n) is 4.18. The van der Waals surface area contributed by atoms with Crippen LogP contribution in [0.3, 0.4) is 0 Å². The lowest BCUT2D eigenvalue weighted by Gasteiger charge is -2.13. The smallest absolute Gasteiger partial charge is 0.321 e. The first-order chi connectivity index (χ1) is 13.2. The van der Waals surface area contributed by atoms with E-state index >= 15 is 0 Å². The highest BCUT2D eigenvalue weighted by Gasteiger charge is 2.23. The van der Waals surface area contributed by atoms with Crippen LogP contribution in [0.4, 0.5) is 0 Å². The van der Waals surface area contributed by atoms with Crippen molar-refractivity contribution >= 4 is 28.6 Å². The van der Waals surface area contributed by atoms with Crippen molar-refractivity contribution in [3.05, 3.63) is 90.5 Å². The third kappa shape index (κ3) is 3.68. The van der Waals surface area contributed by atoms with Gasteiger partial charge in [-0.05, 0) is 11.6 Å². The van der Waals surface area contributed by atoms with E-state index in [-0.39, 0.29) is 0 Å². The van der Waals surface area contributed by atoms with E-state index in [0.29, 0.717) is 10.7 Å². The van der Waals surface area contributed by atoms with Crippen LogP contribution in [0.2, 0.25) is 0 Å². The molecule has 4 aromatic rings. The Kier molecular flexibility index (Phi) is 4.85. The van der Waals surface area contributed by atoms with Crippen molar-refractivity contribution < 1.29 is 9.90 Å². The molecule has 5 heteroatoms. The molecule has 27 heavy (non-hydrogen) atoms. The summed E-state index contributed by atoms with van der Waals surface area (Å²) >= 11 is 1.15. The first kappa shape index (κ1) is 17.2. The number of nitrogens with zero attached hydrogens (tertiary/aromatic N) is 2. The number of aromatic nitrogens is 2. The maximum Gasteiger partial charge on any atom is 0.321 e. The van der Waals surface area contributed by atoms with Gasteiger partial charge in [0.1, 0.15) is 5.25 Å². The van der Waals surface area contributed by atoms with E-state index < -0.39 is 11.2 Å². The van der Waals surface area contributed by atoms with Gasteiger partial charge in [-0.2, -0.15) is 0 Å². The highest BCUT2D eigenvalue weighted by Crippen LogP contribution is 2.36. The van der Waals surface area contributed by atoms with E-state index in [4.69, 9.17) is 4.98 Å². The minimum Gasteiger partial charge on any atom is -0.480 e. The van der Waals surface area contributed by atoms with E-state index in [1.54, 1.807) is 0 Å². The molecule has 0 saturated carbocycles. The van der Waals surface area contributed by atoms with Crippen LogP contribution in [0.1, 0.15) is 10.8 Å².